The molecule has 192 valence electrons. The van der Waals surface area contributed by atoms with Crippen molar-refractivity contribution in [2.75, 3.05) is 14.2 Å². The van der Waals surface area contributed by atoms with Gasteiger partial charge >= 0.3 is 6.18 Å². The number of nitrogens with zero attached hydrogens (tertiary/aromatic N) is 2. The average Bonchev–Trinajstić information content (AvgIpc) is 3.65. The van der Waals surface area contributed by atoms with E-state index in [2.05, 4.69) is 4.99 Å². The molecule has 38 heavy (non-hydrogen) atoms. The van der Waals surface area contributed by atoms with Crippen LogP contribution in [0.2, 0.25) is 0 Å². The minimum absolute atomic E-state index is 0.0527. The molecule has 0 bridgehead atoms. The highest BCUT2D eigenvalue weighted by atomic mass is 19.4. The van der Waals surface area contributed by atoms with Crippen molar-refractivity contribution < 1.29 is 31.5 Å². The van der Waals surface area contributed by atoms with Crippen molar-refractivity contribution in [1.82, 2.24) is 4.57 Å². The van der Waals surface area contributed by atoms with Gasteiger partial charge in [0.05, 0.1) is 31.1 Å². The van der Waals surface area contributed by atoms with E-state index in [1.54, 1.807) is 57.7 Å². The standard InChI is InChI=1S/C29H21F3N2O4/c1-34-22-14-25(17-6-10-19(36-3)11-7-17)38-27(22)15-23(34)28(29(30,31)32)21-13-26-20(33-21)12-24(37-26)16-4-8-18(35-2)9-5-16/h4-15H,1-3H3/b28-21+. The second-order valence-corrected chi connectivity index (χ2v) is 8.78. The Kier molecular flexibility index (Phi) is 5.45. The van der Waals surface area contributed by atoms with Gasteiger partial charge in [0.1, 0.15) is 33.9 Å². The molecular weight excluding hydrogens is 497 g/mol. The number of allylic oxidation sites excluding steroid dienone is 2. The Morgan fingerprint density at radius 1 is 0.816 bits per heavy atom. The first-order valence-electron chi connectivity index (χ1n) is 11.7. The van der Waals surface area contributed by atoms with Gasteiger partial charge in [-0.2, -0.15) is 13.2 Å². The van der Waals surface area contributed by atoms with Crippen LogP contribution in [0.4, 0.5) is 13.2 Å². The molecule has 0 spiro atoms. The van der Waals surface area contributed by atoms with Crippen LogP contribution in [0.5, 0.6) is 11.5 Å². The zero-order valence-corrected chi connectivity index (χ0v) is 20.6. The van der Waals surface area contributed by atoms with Crippen molar-refractivity contribution in [2.45, 2.75) is 6.18 Å². The first kappa shape index (κ1) is 23.7. The lowest BCUT2D eigenvalue weighted by atomic mass is 10.1. The molecule has 6 nitrogen and oxygen atoms in total. The van der Waals surface area contributed by atoms with Gasteiger partial charge in [0.2, 0.25) is 0 Å². The Hall–Kier alpha value is -4.66. The molecule has 0 saturated heterocycles. The summed E-state index contributed by atoms with van der Waals surface area (Å²) in [6.07, 6.45) is -3.34. The fourth-order valence-corrected chi connectivity index (χ4v) is 4.57. The zero-order chi connectivity index (χ0) is 26.6. The molecule has 0 radical (unpaired) electrons. The maximum absolute atomic E-state index is 14.4. The second kappa shape index (κ2) is 8.72. The number of furan rings is 2. The van der Waals surface area contributed by atoms with Crippen molar-refractivity contribution >= 4 is 22.7 Å². The molecular formula is C29H21F3N2O4. The molecule has 0 fully saturated rings. The van der Waals surface area contributed by atoms with Gasteiger partial charge in [-0.1, -0.05) is 0 Å². The summed E-state index contributed by atoms with van der Waals surface area (Å²) in [4.78, 5) is 4.28. The third kappa shape index (κ3) is 3.96. The molecule has 4 heterocycles. The number of halogens is 3. The summed E-state index contributed by atoms with van der Waals surface area (Å²) in [7, 11) is 4.72. The first-order chi connectivity index (χ1) is 18.2. The molecule has 0 N–H and O–H groups in total. The Bertz CT molecular complexity index is 1780. The summed E-state index contributed by atoms with van der Waals surface area (Å²) >= 11 is 0. The van der Waals surface area contributed by atoms with E-state index in [0.29, 0.717) is 39.5 Å². The van der Waals surface area contributed by atoms with E-state index in [0.717, 1.165) is 11.1 Å². The fraction of sp³-hybridized carbons (Fsp3) is 0.138. The highest BCUT2D eigenvalue weighted by Crippen LogP contribution is 2.41. The quantitative estimate of drug-likeness (QED) is 0.282. The largest absolute Gasteiger partial charge is 0.497 e. The molecule has 2 aromatic carbocycles. The number of aromatic nitrogens is 1. The van der Waals surface area contributed by atoms with Crippen LogP contribution in [-0.2, 0) is 7.05 Å². The summed E-state index contributed by atoms with van der Waals surface area (Å²) in [5.41, 5.74) is 1.56. The number of hydrogen-bond acceptors (Lipinski definition) is 5. The van der Waals surface area contributed by atoms with Crippen molar-refractivity contribution in [2.24, 2.45) is 12.0 Å². The van der Waals surface area contributed by atoms with Gasteiger partial charge in [-0.3, -0.25) is 0 Å². The van der Waals surface area contributed by atoms with Crippen LogP contribution < -0.4 is 20.2 Å². The Morgan fingerprint density at radius 3 is 1.89 bits per heavy atom. The van der Waals surface area contributed by atoms with Crippen LogP contribution in [0.1, 0.15) is 5.69 Å². The van der Waals surface area contributed by atoms with E-state index in [-0.39, 0.29) is 16.8 Å². The summed E-state index contributed by atoms with van der Waals surface area (Å²) < 4.78 is 66.8. The second-order valence-electron chi connectivity index (χ2n) is 8.78. The lowest BCUT2D eigenvalue weighted by Gasteiger charge is -2.14. The van der Waals surface area contributed by atoms with Crippen molar-refractivity contribution in [3.8, 4) is 34.1 Å². The molecule has 0 unspecified atom stereocenters. The SMILES string of the molecule is COc1ccc(-c2cc3c(o2)=C/C(=C(/c2cc4oc(-c5ccc(OC)cc5)cc4n2C)C(F)(F)F)N=3)cc1. The Labute approximate surface area is 214 Å². The molecule has 0 saturated carbocycles. The normalized spacial score (nSPS) is 14.3. The molecule has 1 aliphatic rings. The van der Waals surface area contributed by atoms with Gasteiger partial charge in [0.25, 0.3) is 0 Å². The number of fused-ring (bicyclic) bond motifs is 2. The number of rotatable bonds is 5. The number of alkyl halides is 3. The number of aryl methyl sites for hydroxylation is 1. The van der Waals surface area contributed by atoms with Crippen LogP contribution in [0.3, 0.4) is 0 Å². The van der Waals surface area contributed by atoms with Gasteiger partial charge < -0.3 is 22.9 Å². The minimum Gasteiger partial charge on any atom is -0.497 e. The average molecular weight is 518 g/mol. The highest BCUT2D eigenvalue weighted by Gasteiger charge is 2.40. The van der Waals surface area contributed by atoms with Crippen molar-refractivity contribution in [1.29, 1.82) is 0 Å². The van der Waals surface area contributed by atoms with E-state index < -0.39 is 11.7 Å². The van der Waals surface area contributed by atoms with Gasteiger partial charge in [-0.15, -0.1) is 0 Å². The molecule has 5 aromatic rings. The summed E-state index contributed by atoms with van der Waals surface area (Å²) in [5.74, 6) is 2.44. The maximum Gasteiger partial charge on any atom is 0.420 e. The predicted molar refractivity (Wildman–Crippen MR) is 136 cm³/mol. The predicted octanol–water partition coefficient (Wildman–Crippen LogP) is 6.10. The smallest absolute Gasteiger partial charge is 0.420 e. The van der Waals surface area contributed by atoms with E-state index in [1.165, 1.54) is 16.7 Å². The lowest BCUT2D eigenvalue weighted by Crippen LogP contribution is -2.15. The minimum atomic E-state index is -4.67. The van der Waals surface area contributed by atoms with Gasteiger partial charge in [-0.05, 0) is 48.5 Å². The van der Waals surface area contributed by atoms with Gasteiger partial charge in [0.15, 0.2) is 11.0 Å². The zero-order valence-electron chi connectivity index (χ0n) is 20.6. The lowest BCUT2D eigenvalue weighted by molar-refractivity contribution is -0.0696. The molecule has 0 atom stereocenters. The fourth-order valence-electron chi connectivity index (χ4n) is 4.57. The van der Waals surface area contributed by atoms with Crippen molar-refractivity contribution in [3.63, 3.8) is 0 Å². The number of ether oxygens (including phenoxy) is 2. The van der Waals surface area contributed by atoms with Crippen LogP contribution in [-0.4, -0.2) is 25.0 Å². The number of hydrogen-bond donors (Lipinski definition) is 0. The summed E-state index contributed by atoms with van der Waals surface area (Å²) in [5, 5.41) is 0.340. The monoisotopic (exact) mass is 518 g/mol. The Morgan fingerprint density at radius 2 is 1.39 bits per heavy atom. The van der Waals surface area contributed by atoms with E-state index >= 15 is 0 Å². The summed E-state index contributed by atoms with van der Waals surface area (Å²) in [6.45, 7) is 0. The van der Waals surface area contributed by atoms with Crippen LogP contribution in [0.25, 0.3) is 45.4 Å². The topological polar surface area (TPSA) is 62.0 Å². The van der Waals surface area contributed by atoms with Crippen LogP contribution in [0, 0.1) is 0 Å². The van der Waals surface area contributed by atoms with E-state index in [4.69, 9.17) is 18.3 Å². The van der Waals surface area contributed by atoms with Gasteiger partial charge in [0, 0.05) is 42.4 Å². The molecule has 0 amide bonds. The maximum atomic E-state index is 14.4. The van der Waals surface area contributed by atoms with Crippen molar-refractivity contribution in [3.05, 3.63) is 88.9 Å². The number of benzene rings is 2. The molecule has 3 aromatic heterocycles. The highest BCUT2D eigenvalue weighted by molar-refractivity contribution is 5.88. The third-order valence-corrected chi connectivity index (χ3v) is 6.52. The molecule has 9 heteroatoms. The Balaban J connectivity index is 1.40. The molecule has 0 aliphatic carbocycles. The number of methoxy groups -OCH3 is 2. The molecule has 1 aliphatic heterocycles. The van der Waals surface area contributed by atoms with E-state index in [1.807, 2.05) is 24.3 Å². The van der Waals surface area contributed by atoms with Crippen LogP contribution >= 0.6 is 0 Å². The van der Waals surface area contributed by atoms with Gasteiger partial charge in [-0.25, -0.2) is 4.99 Å². The van der Waals surface area contributed by atoms with E-state index in [9.17, 15) is 13.2 Å². The molecule has 6 rings (SSSR count). The first-order valence-corrected chi connectivity index (χ1v) is 11.7. The third-order valence-electron chi connectivity index (χ3n) is 6.52. The summed E-state index contributed by atoms with van der Waals surface area (Å²) in [6, 6.07) is 19.2. The van der Waals surface area contributed by atoms with Crippen LogP contribution in [0.15, 0.2) is 86.3 Å².